The molecule has 5 nitrogen and oxygen atoms in total. The number of amides is 1. The van der Waals surface area contributed by atoms with E-state index in [1.54, 1.807) is 4.90 Å². The van der Waals surface area contributed by atoms with Crippen molar-refractivity contribution >= 4 is 15.7 Å². The number of carbonyl (C=O) groups is 1. The van der Waals surface area contributed by atoms with Crippen LogP contribution in [0.25, 0.3) is 0 Å². The van der Waals surface area contributed by atoms with Gasteiger partial charge in [-0.3, -0.25) is 4.79 Å². The number of ether oxygens (including phenoxy) is 1. The van der Waals surface area contributed by atoms with Gasteiger partial charge in [0.05, 0.1) is 24.5 Å². The maximum absolute atomic E-state index is 12.4. The minimum Gasteiger partial charge on any atom is -0.493 e. The van der Waals surface area contributed by atoms with E-state index in [1.807, 2.05) is 37.3 Å². The van der Waals surface area contributed by atoms with Gasteiger partial charge in [-0.2, -0.15) is 0 Å². The third-order valence-electron chi connectivity index (χ3n) is 3.76. The van der Waals surface area contributed by atoms with E-state index in [4.69, 9.17) is 4.74 Å². The van der Waals surface area contributed by atoms with Gasteiger partial charge in [0, 0.05) is 12.6 Å². The van der Waals surface area contributed by atoms with E-state index < -0.39 is 9.84 Å². The van der Waals surface area contributed by atoms with Crippen LogP contribution in [0.2, 0.25) is 0 Å². The van der Waals surface area contributed by atoms with Crippen molar-refractivity contribution in [3.8, 4) is 5.75 Å². The maximum atomic E-state index is 12.4. The molecule has 1 amide bonds. The lowest BCUT2D eigenvalue weighted by atomic mass is 10.2. The van der Waals surface area contributed by atoms with Gasteiger partial charge >= 0.3 is 0 Å². The van der Waals surface area contributed by atoms with E-state index in [0.29, 0.717) is 19.6 Å². The average Bonchev–Trinajstić information content (AvgIpc) is 2.85. The van der Waals surface area contributed by atoms with Crippen molar-refractivity contribution in [2.24, 2.45) is 0 Å². The summed E-state index contributed by atoms with van der Waals surface area (Å²) in [4.78, 5) is 14.1. The molecule has 1 aliphatic rings. The van der Waals surface area contributed by atoms with Crippen molar-refractivity contribution in [2.75, 3.05) is 24.7 Å². The second-order valence-electron chi connectivity index (χ2n) is 5.56. The Morgan fingerprint density at radius 3 is 2.64 bits per heavy atom. The number of carbonyl (C=O) groups excluding carboxylic acids is 1. The quantitative estimate of drug-likeness (QED) is 0.768. The van der Waals surface area contributed by atoms with Gasteiger partial charge in [0.25, 0.3) is 0 Å². The van der Waals surface area contributed by atoms with Crippen molar-refractivity contribution in [3.05, 3.63) is 30.3 Å². The van der Waals surface area contributed by atoms with Crippen LogP contribution in [0.4, 0.5) is 0 Å². The molecule has 1 unspecified atom stereocenters. The highest BCUT2D eigenvalue weighted by Gasteiger charge is 2.33. The Bertz CT molecular complexity index is 585. The molecule has 0 aromatic heterocycles. The minimum atomic E-state index is -2.98. The van der Waals surface area contributed by atoms with Crippen LogP contribution in [-0.4, -0.2) is 49.9 Å². The van der Waals surface area contributed by atoms with Crippen molar-refractivity contribution in [1.82, 2.24) is 4.90 Å². The first-order valence-corrected chi connectivity index (χ1v) is 9.51. The van der Waals surface area contributed by atoms with E-state index in [0.717, 1.165) is 12.2 Å². The van der Waals surface area contributed by atoms with Crippen molar-refractivity contribution in [2.45, 2.75) is 32.2 Å². The fourth-order valence-electron chi connectivity index (χ4n) is 2.69. The summed E-state index contributed by atoms with van der Waals surface area (Å²) in [5.74, 6) is 0.991. The Balaban J connectivity index is 1.87. The molecule has 1 aromatic rings. The van der Waals surface area contributed by atoms with Gasteiger partial charge in [-0.15, -0.1) is 0 Å². The zero-order valence-electron chi connectivity index (χ0n) is 12.9. The normalized spacial score (nSPS) is 19.8. The predicted molar refractivity (Wildman–Crippen MR) is 85.6 cm³/mol. The molecule has 1 heterocycles. The zero-order valence-corrected chi connectivity index (χ0v) is 13.7. The molecule has 1 saturated heterocycles. The molecule has 6 heteroatoms. The van der Waals surface area contributed by atoms with Crippen molar-refractivity contribution in [3.63, 3.8) is 0 Å². The SMILES string of the molecule is CCCN(C(=O)CCOc1ccccc1)C1CCS(=O)(=O)C1. The fourth-order valence-corrected chi connectivity index (χ4v) is 4.42. The average molecular weight is 325 g/mol. The molecule has 0 saturated carbocycles. The van der Waals surface area contributed by atoms with Gasteiger partial charge in [-0.05, 0) is 25.0 Å². The molecule has 1 fully saturated rings. The highest BCUT2D eigenvalue weighted by Crippen LogP contribution is 2.19. The number of hydrogen-bond donors (Lipinski definition) is 0. The molecular formula is C16H23NO4S. The van der Waals surface area contributed by atoms with E-state index in [2.05, 4.69) is 0 Å². The van der Waals surface area contributed by atoms with Crippen LogP contribution in [0.3, 0.4) is 0 Å². The minimum absolute atomic E-state index is 0.0279. The van der Waals surface area contributed by atoms with Gasteiger partial charge in [0.15, 0.2) is 9.84 Å². The Morgan fingerprint density at radius 2 is 2.05 bits per heavy atom. The third kappa shape index (κ3) is 4.73. The predicted octanol–water partition coefficient (Wildman–Crippen LogP) is 1.88. The molecule has 2 rings (SSSR count). The smallest absolute Gasteiger partial charge is 0.226 e. The summed E-state index contributed by atoms with van der Waals surface area (Å²) in [5, 5.41) is 0. The topological polar surface area (TPSA) is 63.7 Å². The van der Waals surface area contributed by atoms with Crippen LogP contribution in [-0.2, 0) is 14.6 Å². The Morgan fingerprint density at radius 1 is 1.32 bits per heavy atom. The largest absolute Gasteiger partial charge is 0.493 e. The Labute approximate surface area is 132 Å². The lowest BCUT2D eigenvalue weighted by molar-refractivity contribution is -0.133. The fraction of sp³-hybridized carbons (Fsp3) is 0.562. The first-order chi connectivity index (χ1) is 10.5. The molecule has 1 aromatic carbocycles. The number of rotatable bonds is 7. The molecule has 1 aliphatic heterocycles. The third-order valence-corrected chi connectivity index (χ3v) is 5.51. The van der Waals surface area contributed by atoms with Gasteiger partial charge in [0.2, 0.25) is 5.91 Å². The van der Waals surface area contributed by atoms with Crippen LogP contribution in [0.15, 0.2) is 30.3 Å². The van der Waals surface area contributed by atoms with Crippen LogP contribution < -0.4 is 4.74 Å². The maximum Gasteiger partial charge on any atom is 0.226 e. The van der Waals surface area contributed by atoms with Crippen LogP contribution in [0.5, 0.6) is 5.75 Å². The monoisotopic (exact) mass is 325 g/mol. The molecule has 0 aliphatic carbocycles. The lowest BCUT2D eigenvalue weighted by Crippen LogP contribution is -2.42. The molecule has 22 heavy (non-hydrogen) atoms. The van der Waals surface area contributed by atoms with Gasteiger partial charge in [-0.1, -0.05) is 25.1 Å². The molecule has 0 bridgehead atoms. The Hall–Kier alpha value is -1.56. The number of benzene rings is 1. The number of hydrogen-bond acceptors (Lipinski definition) is 4. The molecular weight excluding hydrogens is 302 g/mol. The van der Waals surface area contributed by atoms with Crippen LogP contribution in [0.1, 0.15) is 26.2 Å². The second kappa shape index (κ2) is 7.63. The summed E-state index contributed by atoms with van der Waals surface area (Å²) in [7, 11) is -2.98. The van der Waals surface area contributed by atoms with Gasteiger partial charge in [-0.25, -0.2) is 8.42 Å². The summed E-state index contributed by atoms with van der Waals surface area (Å²) in [5.41, 5.74) is 0. The second-order valence-corrected chi connectivity index (χ2v) is 7.78. The first-order valence-electron chi connectivity index (χ1n) is 7.69. The zero-order chi connectivity index (χ0) is 16.0. The van der Waals surface area contributed by atoms with Crippen molar-refractivity contribution in [1.29, 1.82) is 0 Å². The van der Waals surface area contributed by atoms with Gasteiger partial charge < -0.3 is 9.64 Å². The number of para-hydroxylation sites is 1. The molecule has 1 atom stereocenters. The molecule has 0 spiro atoms. The van der Waals surface area contributed by atoms with E-state index in [1.165, 1.54) is 0 Å². The highest BCUT2D eigenvalue weighted by atomic mass is 32.2. The lowest BCUT2D eigenvalue weighted by Gasteiger charge is -2.28. The summed E-state index contributed by atoms with van der Waals surface area (Å²) >= 11 is 0. The number of sulfone groups is 1. The standard InChI is InChI=1S/C16H23NO4S/c1-2-10-17(14-9-12-22(19,20)13-14)16(18)8-11-21-15-6-4-3-5-7-15/h3-7,14H,2,8-13H2,1H3. The Kier molecular flexibility index (Phi) is 5.83. The summed E-state index contributed by atoms with van der Waals surface area (Å²) in [6, 6.07) is 9.18. The van der Waals surface area contributed by atoms with E-state index in [9.17, 15) is 13.2 Å². The van der Waals surface area contributed by atoms with Crippen molar-refractivity contribution < 1.29 is 17.9 Å². The number of nitrogens with zero attached hydrogens (tertiary/aromatic N) is 1. The van der Waals surface area contributed by atoms with Crippen LogP contribution >= 0.6 is 0 Å². The molecule has 0 radical (unpaired) electrons. The molecule has 0 N–H and O–H groups in total. The van der Waals surface area contributed by atoms with Crippen LogP contribution in [0, 0.1) is 0 Å². The molecule has 122 valence electrons. The highest BCUT2D eigenvalue weighted by molar-refractivity contribution is 7.91. The van der Waals surface area contributed by atoms with Gasteiger partial charge in [0.1, 0.15) is 5.75 Å². The van der Waals surface area contributed by atoms with E-state index >= 15 is 0 Å². The summed E-state index contributed by atoms with van der Waals surface area (Å²) in [6.45, 7) is 2.90. The summed E-state index contributed by atoms with van der Waals surface area (Å²) < 4.78 is 28.8. The summed E-state index contributed by atoms with van der Waals surface area (Å²) in [6.07, 6.45) is 1.64. The first kappa shape index (κ1) is 16.8. The van der Waals surface area contributed by atoms with E-state index in [-0.39, 0.29) is 29.9 Å².